The number of piperidine rings is 1. The number of nitrogens with one attached hydrogen (secondary N) is 1. The summed E-state index contributed by atoms with van der Waals surface area (Å²) in [5, 5.41) is 3.23. The fourth-order valence-corrected chi connectivity index (χ4v) is 3.85. The fourth-order valence-electron chi connectivity index (χ4n) is 3.85. The zero-order valence-electron chi connectivity index (χ0n) is 14.5. The molecule has 132 valence electrons. The van der Waals surface area contributed by atoms with Crippen LogP contribution in [0.15, 0.2) is 36.8 Å². The average Bonchev–Trinajstić information content (AvgIpc) is 2.70. The summed E-state index contributed by atoms with van der Waals surface area (Å²) in [6.07, 6.45) is 9.78. The van der Waals surface area contributed by atoms with Crippen LogP contribution in [0.4, 0.5) is 11.6 Å². The maximum Gasteiger partial charge on any atom is 0.150 e. The van der Waals surface area contributed by atoms with Crippen LogP contribution in [0.2, 0.25) is 0 Å². The van der Waals surface area contributed by atoms with Gasteiger partial charge in [-0.15, -0.1) is 0 Å². The molecule has 0 atom stereocenters. The monoisotopic (exact) mass is 339 g/mol. The van der Waals surface area contributed by atoms with Crippen molar-refractivity contribution in [1.82, 2.24) is 19.9 Å². The van der Waals surface area contributed by atoms with Crippen LogP contribution in [0.3, 0.4) is 0 Å². The Hall–Kier alpha value is -2.05. The molecular formula is C19H25N5O. The minimum atomic E-state index is 0.541. The number of hydrogen-bond donors (Lipinski definition) is 1. The highest BCUT2D eigenvalue weighted by Crippen LogP contribution is 2.30. The number of hydrogen-bond acceptors (Lipinski definition) is 6. The molecule has 0 bridgehead atoms. The lowest BCUT2D eigenvalue weighted by molar-refractivity contribution is 0.0250. The second-order valence-corrected chi connectivity index (χ2v) is 6.82. The Morgan fingerprint density at radius 3 is 2.60 bits per heavy atom. The van der Waals surface area contributed by atoms with E-state index in [2.05, 4.69) is 32.3 Å². The summed E-state index contributed by atoms with van der Waals surface area (Å²) in [6, 6.07) is 6.92. The lowest BCUT2D eigenvalue weighted by Gasteiger charge is -2.39. The molecule has 4 rings (SSSR count). The Kier molecular flexibility index (Phi) is 5.18. The molecule has 2 aliphatic rings. The Bertz CT molecular complexity index is 667. The van der Waals surface area contributed by atoms with Gasteiger partial charge in [0.2, 0.25) is 0 Å². The summed E-state index contributed by atoms with van der Waals surface area (Å²) in [5.41, 5.74) is 1.18. The van der Waals surface area contributed by atoms with E-state index in [1.165, 1.54) is 44.5 Å². The predicted octanol–water partition coefficient (Wildman–Crippen LogP) is 2.97. The number of anilines is 2. The summed E-state index contributed by atoms with van der Waals surface area (Å²) in [6.45, 7) is 4.17. The normalized spacial score (nSPS) is 20.5. The van der Waals surface area contributed by atoms with Crippen molar-refractivity contribution in [1.29, 1.82) is 0 Å². The van der Waals surface area contributed by atoms with E-state index in [0.717, 1.165) is 24.8 Å². The van der Waals surface area contributed by atoms with Gasteiger partial charge in [-0.2, -0.15) is 0 Å². The first kappa shape index (κ1) is 16.4. The Labute approximate surface area is 148 Å². The SMILES string of the molecule is c1cc(Nc2cnccn2)nc(C2CCN(C3CCOCC3)CC2)c1. The molecule has 0 amide bonds. The van der Waals surface area contributed by atoms with Gasteiger partial charge < -0.3 is 15.0 Å². The summed E-state index contributed by atoms with van der Waals surface area (Å²) >= 11 is 0. The van der Waals surface area contributed by atoms with Gasteiger partial charge in [0.1, 0.15) is 11.6 Å². The van der Waals surface area contributed by atoms with Gasteiger partial charge in [-0.3, -0.25) is 4.98 Å². The van der Waals surface area contributed by atoms with E-state index in [4.69, 9.17) is 9.72 Å². The third-order valence-corrected chi connectivity index (χ3v) is 5.24. The van der Waals surface area contributed by atoms with E-state index < -0.39 is 0 Å². The van der Waals surface area contributed by atoms with Crippen LogP contribution in [0.25, 0.3) is 0 Å². The zero-order valence-corrected chi connectivity index (χ0v) is 14.5. The molecule has 0 aliphatic carbocycles. The summed E-state index contributed by atoms with van der Waals surface area (Å²) in [5.74, 6) is 2.10. The van der Waals surface area contributed by atoms with Gasteiger partial charge in [0.15, 0.2) is 0 Å². The molecule has 2 aromatic heterocycles. The van der Waals surface area contributed by atoms with E-state index in [0.29, 0.717) is 12.0 Å². The van der Waals surface area contributed by atoms with Gasteiger partial charge >= 0.3 is 0 Å². The molecule has 4 heterocycles. The molecule has 6 heteroatoms. The topological polar surface area (TPSA) is 63.2 Å². The van der Waals surface area contributed by atoms with Crippen molar-refractivity contribution < 1.29 is 4.74 Å². The quantitative estimate of drug-likeness (QED) is 0.924. The predicted molar refractivity (Wildman–Crippen MR) is 96.9 cm³/mol. The highest BCUT2D eigenvalue weighted by molar-refractivity contribution is 5.50. The van der Waals surface area contributed by atoms with Gasteiger partial charge in [0.25, 0.3) is 0 Å². The lowest BCUT2D eigenvalue weighted by atomic mass is 9.91. The van der Waals surface area contributed by atoms with Gasteiger partial charge in [-0.1, -0.05) is 6.07 Å². The number of rotatable bonds is 4. The van der Waals surface area contributed by atoms with E-state index in [1.54, 1.807) is 18.6 Å². The summed E-state index contributed by atoms with van der Waals surface area (Å²) in [4.78, 5) is 15.8. The second-order valence-electron chi connectivity index (χ2n) is 6.82. The first-order valence-corrected chi connectivity index (χ1v) is 9.20. The number of pyridine rings is 1. The van der Waals surface area contributed by atoms with Crippen LogP contribution in [-0.2, 0) is 4.74 Å². The minimum Gasteiger partial charge on any atom is -0.381 e. The Morgan fingerprint density at radius 1 is 1.00 bits per heavy atom. The summed E-state index contributed by atoms with van der Waals surface area (Å²) < 4.78 is 5.49. The second kappa shape index (κ2) is 7.89. The van der Waals surface area contributed by atoms with Crippen molar-refractivity contribution in [3.05, 3.63) is 42.5 Å². The molecular weight excluding hydrogens is 314 g/mol. The van der Waals surface area contributed by atoms with Crippen molar-refractivity contribution in [2.45, 2.75) is 37.6 Å². The third-order valence-electron chi connectivity index (χ3n) is 5.24. The number of aromatic nitrogens is 3. The van der Waals surface area contributed by atoms with Crippen LogP contribution >= 0.6 is 0 Å². The molecule has 6 nitrogen and oxygen atoms in total. The van der Waals surface area contributed by atoms with Crippen molar-refractivity contribution in [3.8, 4) is 0 Å². The number of likely N-dealkylation sites (tertiary alicyclic amines) is 1. The largest absolute Gasteiger partial charge is 0.381 e. The van der Waals surface area contributed by atoms with E-state index in [9.17, 15) is 0 Å². The van der Waals surface area contributed by atoms with Gasteiger partial charge in [-0.25, -0.2) is 9.97 Å². The fraction of sp³-hybridized carbons (Fsp3) is 0.526. The van der Waals surface area contributed by atoms with E-state index in [1.807, 2.05) is 6.07 Å². The standard InChI is InChI=1S/C19H25N5O/c1-2-17(22-18(3-1)23-19-14-20-8-9-21-19)15-4-10-24(11-5-15)16-6-12-25-13-7-16/h1-3,8-9,14-16H,4-7,10-13H2,(H,21,22,23). The molecule has 0 aromatic carbocycles. The third kappa shape index (κ3) is 4.14. The number of nitrogens with zero attached hydrogens (tertiary/aromatic N) is 4. The van der Waals surface area contributed by atoms with Crippen molar-refractivity contribution in [2.24, 2.45) is 0 Å². The molecule has 2 aromatic rings. The first-order chi connectivity index (χ1) is 12.4. The van der Waals surface area contributed by atoms with Crippen LogP contribution in [-0.4, -0.2) is 52.2 Å². The molecule has 0 saturated carbocycles. The molecule has 0 spiro atoms. The van der Waals surface area contributed by atoms with Gasteiger partial charge in [0.05, 0.1) is 6.20 Å². The lowest BCUT2D eigenvalue weighted by Crippen LogP contribution is -2.43. The maximum absolute atomic E-state index is 5.49. The van der Waals surface area contributed by atoms with Crippen molar-refractivity contribution in [2.75, 3.05) is 31.6 Å². The van der Waals surface area contributed by atoms with Crippen molar-refractivity contribution >= 4 is 11.6 Å². The smallest absolute Gasteiger partial charge is 0.150 e. The van der Waals surface area contributed by atoms with Gasteiger partial charge in [0, 0.05) is 43.3 Å². The molecule has 0 radical (unpaired) electrons. The Balaban J connectivity index is 1.37. The molecule has 2 fully saturated rings. The zero-order chi connectivity index (χ0) is 16.9. The van der Waals surface area contributed by atoms with Gasteiger partial charge in [-0.05, 0) is 50.9 Å². The van der Waals surface area contributed by atoms with Crippen LogP contribution in [0.5, 0.6) is 0 Å². The molecule has 0 unspecified atom stereocenters. The molecule has 1 N–H and O–H groups in total. The van der Waals surface area contributed by atoms with Crippen molar-refractivity contribution in [3.63, 3.8) is 0 Å². The molecule has 2 aliphatic heterocycles. The molecule has 25 heavy (non-hydrogen) atoms. The maximum atomic E-state index is 5.49. The average molecular weight is 339 g/mol. The number of ether oxygens (including phenoxy) is 1. The van der Waals surface area contributed by atoms with Crippen LogP contribution < -0.4 is 5.32 Å². The van der Waals surface area contributed by atoms with Crippen LogP contribution in [0, 0.1) is 0 Å². The van der Waals surface area contributed by atoms with Crippen LogP contribution in [0.1, 0.15) is 37.3 Å². The Morgan fingerprint density at radius 2 is 1.84 bits per heavy atom. The molecule has 2 saturated heterocycles. The first-order valence-electron chi connectivity index (χ1n) is 9.20. The summed E-state index contributed by atoms with van der Waals surface area (Å²) in [7, 11) is 0. The van der Waals surface area contributed by atoms with E-state index >= 15 is 0 Å². The highest BCUT2D eigenvalue weighted by Gasteiger charge is 2.27. The highest BCUT2D eigenvalue weighted by atomic mass is 16.5. The van der Waals surface area contributed by atoms with E-state index in [-0.39, 0.29) is 0 Å². The minimum absolute atomic E-state index is 0.541.